The van der Waals surface area contributed by atoms with E-state index < -0.39 is 11.7 Å². The molecule has 1 atom stereocenters. The summed E-state index contributed by atoms with van der Waals surface area (Å²) in [6, 6.07) is 10.7. The number of anilines is 1. The predicted octanol–water partition coefficient (Wildman–Crippen LogP) is 3.50. The molecule has 1 saturated heterocycles. The number of halogens is 3. The van der Waals surface area contributed by atoms with Crippen LogP contribution in [0, 0.1) is 0 Å². The zero-order valence-corrected chi connectivity index (χ0v) is 17.4. The van der Waals surface area contributed by atoms with Gasteiger partial charge >= 0.3 is 6.18 Å². The smallest absolute Gasteiger partial charge is 0.379 e. The highest BCUT2D eigenvalue weighted by atomic mass is 19.4. The first kappa shape index (κ1) is 21.6. The molecule has 0 aromatic heterocycles. The Kier molecular flexibility index (Phi) is 6.20. The van der Waals surface area contributed by atoms with Gasteiger partial charge in [0.15, 0.2) is 0 Å². The van der Waals surface area contributed by atoms with Gasteiger partial charge in [-0.05, 0) is 47.9 Å². The molecule has 166 valence electrons. The van der Waals surface area contributed by atoms with Crippen molar-refractivity contribution in [3.8, 4) is 0 Å². The first-order valence-corrected chi connectivity index (χ1v) is 10.4. The van der Waals surface area contributed by atoms with Crippen molar-refractivity contribution in [2.45, 2.75) is 18.6 Å². The minimum absolute atomic E-state index is 0.0292. The topological polar surface area (TPSA) is 44.8 Å². The van der Waals surface area contributed by atoms with E-state index in [0.717, 1.165) is 43.8 Å². The Hall–Kier alpha value is -2.58. The number of morpholine rings is 1. The second kappa shape index (κ2) is 8.88. The molecule has 5 nitrogen and oxygen atoms in total. The number of likely N-dealkylation sites (N-methyl/N-ethyl adjacent to an activating group) is 1. The van der Waals surface area contributed by atoms with Crippen molar-refractivity contribution in [1.82, 2.24) is 10.2 Å². The molecule has 0 spiro atoms. The van der Waals surface area contributed by atoms with Crippen LogP contribution in [0.5, 0.6) is 0 Å². The molecule has 2 aliphatic rings. The van der Waals surface area contributed by atoms with Crippen molar-refractivity contribution in [2.75, 3.05) is 51.3 Å². The van der Waals surface area contributed by atoms with E-state index in [2.05, 4.69) is 40.4 Å². The Labute approximate surface area is 179 Å². The first-order chi connectivity index (χ1) is 14.8. The maximum absolute atomic E-state index is 12.8. The Morgan fingerprint density at radius 1 is 1.10 bits per heavy atom. The van der Waals surface area contributed by atoms with Gasteiger partial charge in [0.05, 0.1) is 24.8 Å². The van der Waals surface area contributed by atoms with Gasteiger partial charge < -0.3 is 15.0 Å². The van der Waals surface area contributed by atoms with Crippen LogP contribution in [0.2, 0.25) is 0 Å². The van der Waals surface area contributed by atoms with E-state index in [4.69, 9.17) is 4.74 Å². The highest BCUT2D eigenvalue weighted by Gasteiger charge is 2.30. The number of hydrogen-bond acceptors (Lipinski definition) is 4. The molecular weight excluding hydrogens is 407 g/mol. The number of fused-ring (bicyclic) bond motifs is 1. The predicted molar refractivity (Wildman–Crippen MR) is 112 cm³/mol. The SMILES string of the molecule is CN1CCc2cc([C@@H](CNC(=O)c3ccc(C(F)(F)F)cc3)N3CCOCC3)ccc21. The maximum Gasteiger partial charge on any atom is 0.416 e. The Morgan fingerprint density at radius 2 is 1.81 bits per heavy atom. The van der Waals surface area contributed by atoms with E-state index in [1.165, 1.54) is 23.4 Å². The lowest BCUT2D eigenvalue weighted by molar-refractivity contribution is -0.137. The second-order valence-electron chi connectivity index (χ2n) is 8.01. The van der Waals surface area contributed by atoms with Crippen LogP contribution >= 0.6 is 0 Å². The molecule has 2 heterocycles. The number of nitrogens with one attached hydrogen (secondary N) is 1. The Bertz CT molecular complexity index is 925. The number of carbonyl (C=O) groups excluding carboxylic acids is 1. The van der Waals surface area contributed by atoms with Gasteiger partial charge in [0.25, 0.3) is 5.91 Å². The summed E-state index contributed by atoms with van der Waals surface area (Å²) in [4.78, 5) is 17.1. The summed E-state index contributed by atoms with van der Waals surface area (Å²) in [5.41, 5.74) is 3.11. The summed E-state index contributed by atoms with van der Waals surface area (Å²) >= 11 is 0. The lowest BCUT2D eigenvalue weighted by Crippen LogP contribution is -2.43. The molecule has 0 aliphatic carbocycles. The third-order valence-electron chi connectivity index (χ3n) is 6.03. The van der Waals surface area contributed by atoms with Crippen molar-refractivity contribution in [3.05, 3.63) is 64.7 Å². The monoisotopic (exact) mass is 433 g/mol. The van der Waals surface area contributed by atoms with Crippen LogP contribution in [-0.2, 0) is 17.3 Å². The molecule has 8 heteroatoms. The van der Waals surface area contributed by atoms with Gasteiger partial charge in [0.2, 0.25) is 0 Å². The molecule has 2 aromatic rings. The fourth-order valence-corrected chi connectivity index (χ4v) is 4.24. The maximum atomic E-state index is 12.8. The van der Waals surface area contributed by atoms with E-state index in [1.54, 1.807) is 0 Å². The van der Waals surface area contributed by atoms with E-state index in [-0.39, 0.29) is 17.5 Å². The van der Waals surface area contributed by atoms with Crippen molar-refractivity contribution in [3.63, 3.8) is 0 Å². The summed E-state index contributed by atoms with van der Waals surface area (Å²) in [5.74, 6) is -0.382. The van der Waals surface area contributed by atoms with Gasteiger partial charge in [-0.15, -0.1) is 0 Å². The normalized spacial score (nSPS) is 18.0. The second-order valence-corrected chi connectivity index (χ2v) is 8.01. The van der Waals surface area contributed by atoms with E-state index in [9.17, 15) is 18.0 Å². The van der Waals surface area contributed by atoms with Gasteiger partial charge in [0.1, 0.15) is 0 Å². The molecule has 31 heavy (non-hydrogen) atoms. The van der Waals surface area contributed by atoms with Crippen LogP contribution < -0.4 is 10.2 Å². The molecule has 0 bridgehead atoms. The van der Waals surface area contributed by atoms with Crippen LogP contribution in [0.1, 0.15) is 33.1 Å². The zero-order chi connectivity index (χ0) is 22.0. The fourth-order valence-electron chi connectivity index (χ4n) is 4.24. The number of hydrogen-bond donors (Lipinski definition) is 1. The molecule has 1 N–H and O–H groups in total. The van der Waals surface area contributed by atoms with Crippen molar-refractivity contribution in [2.24, 2.45) is 0 Å². The third-order valence-corrected chi connectivity index (χ3v) is 6.03. The number of alkyl halides is 3. The molecule has 0 unspecified atom stereocenters. The summed E-state index contributed by atoms with van der Waals surface area (Å²) in [6.07, 6.45) is -3.43. The van der Waals surface area contributed by atoms with Crippen LogP contribution in [0.15, 0.2) is 42.5 Å². The van der Waals surface area contributed by atoms with Crippen molar-refractivity contribution >= 4 is 11.6 Å². The van der Waals surface area contributed by atoms with Crippen LogP contribution in [-0.4, -0.2) is 57.2 Å². The molecule has 0 radical (unpaired) electrons. The van der Waals surface area contributed by atoms with Crippen molar-refractivity contribution < 1.29 is 22.7 Å². The molecule has 1 fully saturated rings. The van der Waals surface area contributed by atoms with Gasteiger partial charge in [-0.25, -0.2) is 0 Å². The number of carbonyl (C=O) groups is 1. The van der Waals surface area contributed by atoms with Gasteiger partial charge in [-0.2, -0.15) is 13.2 Å². The van der Waals surface area contributed by atoms with Gasteiger partial charge in [-0.3, -0.25) is 9.69 Å². The zero-order valence-electron chi connectivity index (χ0n) is 17.4. The number of benzene rings is 2. The standard InChI is InChI=1S/C23H26F3N3O2/c1-28-9-8-18-14-17(4-7-20(18)28)21(29-10-12-31-13-11-29)15-27-22(30)16-2-5-19(6-3-16)23(24,25)26/h2-7,14,21H,8-13,15H2,1H3,(H,27,30)/t21-/m1/s1. The lowest BCUT2D eigenvalue weighted by Gasteiger charge is -2.35. The quantitative estimate of drug-likeness (QED) is 0.784. The average molecular weight is 433 g/mol. The highest BCUT2D eigenvalue weighted by molar-refractivity contribution is 5.94. The molecule has 2 aliphatic heterocycles. The first-order valence-electron chi connectivity index (χ1n) is 10.4. The van der Waals surface area contributed by atoms with Gasteiger partial charge in [-0.1, -0.05) is 12.1 Å². The molecule has 4 rings (SSSR count). The number of nitrogens with zero attached hydrogens (tertiary/aromatic N) is 2. The molecule has 0 saturated carbocycles. The fraction of sp³-hybridized carbons (Fsp3) is 0.435. The average Bonchev–Trinajstić information content (AvgIpc) is 3.14. The van der Waals surface area contributed by atoms with Crippen LogP contribution in [0.3, 0.4) is 0 Å². The lowest BCUT2D eigenvalue weighted by atomic mass is 10.00. The number of amides is 1. The van der Waals surface area contributed by atoms with E-state index >= 15 is 0 Å². The summed E-state index contributed by atoms with van der Waals surface area (Å²) in [5, 5.41) is 2.92. The van der Waals surface area contributed by atoms with Crippen LogP contribution in [0.25, 0.3) is 0 Å². The number of ether oxygens (including phenoxy) is 1. The summed E-state index contributed by atoms with van der Waals surface area (Å²) < 4.78 is 43.8. The van der Waals surface area contributed by atoms with Gasteiger partial charge in [0, 0.05) is 44.5 Å². The molecule has 1 amide bonds. The van der Waals surface area contributed by atoms with Crippen LogP contribution in [0.4, 0.5) is 18.9 Å². The highest BCUT2D eigenvalue weighted by Crippen LogP contribution is 2.32. The Balaban J connectivity index is 1.49. The summed E-state index contributed by atoms with van der Waals surface area (Å²) in [7, 11) is 2.08. The minimum atomic E-state index is -4.42. The van der Waals surface area contributed by atoms with E-state index in [1.807, 2.05) is 0 Å². The minimum Gasteiger partial charge on any atom is -0.379 e. The molecule has 2 aromatic carbocycles. The number of rotatable bonds is 5. The van der Waals surface area contributed by atoms with E-state index in [0.29, 0.717) is 19.8 Å². The summed E-state index contributed by atoms with van der Waals surface area (Å²) in [6.45, 7) is 4.16. The molecular formula is C23H26F3N3O2. The van der Waals surface area contributed by atoms with Crippen molar-refractivity contribution in [1.29, 1.82) is 0 Å². The Morgan fingerprint density at radius 3 is 2.48 bits per heavy atom. The third kappa shape index (κ3) is 4.85. The largest absolute Gasteiger partial charge is 0.416 e.